The van der Waals surface area contributed by atoms with Gasteiger partial charge in [0.15, 0.2) is 0 Å². The number of hydrogen-bond acceptors (Lipinski definition) is 5. The van der Waals surface area contributed by atoms with E-state index in [1.807, 2.05) is 0 Å². The molecule has 0 radical (unpaired) electrons. The van der Waals surface area contributed by atoms with Gasteiger partial charge in [0, 0.05) is 29.1 Å². The number of aromatic nitrogens is 4. The fourth-order valence-corrected chi connectivity index (χ4v) is 2.68. The van der Waals surface area contributed by atoms with E-state index < -0.39 is 28.4 Å². The number of aromatic amines is 4. The average Bonchev–Trinajstić information content (AvgIpc) is 2.59. The number of ether oxygens (including phenoxy) is 1. The van der Waals surface area contributed by atoms with Crippen LogP contribution < -0.4 is 27.2 Å². The van der Waals surface area contributed by atoms with Gasteiger partial charge in [-0.25, -0.2) is 9.59 Å². The molecular formula is C16H14N4O5. The van der Waals surface area contributed by atoms with Crippen molar-refractivity contribution in [1.82, 2.24) is 19.9 Å². The second-order valence-electron chi connectivity index (χ2n) is 5.23. The fourth-order valence-electron chi connectivity index (χ4n) is 2.68. The monoisotopic (exact) mass is 342 g/mol. The number of nitrogens with one attached hydrogen (secondary N) is 4. The van der Waals surface area contributed by atoms with E-state index in [-0.39, 0.29) is 11.1 Å². The van der Waals surface area contributed by atoms with Crippen LogP contribution in [0, 0.1) is 0 Å². The number of H-pyrrole nitrogens is 4. The summed E-state index contributed by atoms with van der Waals surface area (Å²) in [7, 11) is 1.46. The molecule has 3 rings (SSSR count). The van der Waals surface area contributed by atoms with Crippen molar-refractivity contribution < 1.29 is 4.74 Å². The highest BCUT2D eigenvalue weighted by molar-refractivity contribution is 5.47. The number of hydrogen-bond donors (Lipinski definition) is 4. The van der Waals surface area contributed by atoms with Gasteiger partial charge in [-0.1, -0.05) is 18.2 Å². The van der Waals surface area contributed by atoms with Crippen molar-refractivity contribution >= 4 is 0 Å². The van der Waals surface area contributed by atoms with E-state index in [2.05, 4.69) is 19.9 Å². The lowest BCUT2D eigenvalue weighted by Gasteiger charge is -2.18. The standard InChI is InChI=1S/C16H14N4O5/c1-25-11-5-3-2-4-8(11)12(9-6-17-15(23)19-13(9)21)10-7-18-16(24)20-14(10)22/h2-7,12H,1H3,(H2,17,19,21,23)(H2,18,20,22,24). The maximum absolute atomic E-state index is 12.3. The molecule has 0 unspecified atom stereocenters. The van der Waals surface area contributed by atoms with Gasteiger partial charge in [0.25, 0.3) is 11.1 Å². The molecule has 0 aliphatic heterocycles. The van der Waals surface area contributed by atoms with Gasteiger partial charge in [0.05, 0.1) is 13.0 Å². The zero-order valence-electron chi connectivity index (χ0n) is 13.1. The van der Waals surface area contributed by atoms with Gasteiger partial charge in [-0.3, -0.25) is 19.6 Å². The Kier molecular flexibility index (Phi) is 4.21. The second-order valence-corrected chi connectivity index (χ2v) is 5.23. The molecule has 4 N–H and O–H groups in total. The third-order valence-electron chi connectivity index (χ3n) is 3.77. The Morgan fingerprint density at radius 3 is 1.80 bits per heavy atom. The molecule has 0 saturated carbocycles. The first kappa shape index (κ1) is 16.2. The maximum atomic E-state index is 12.3. The van der Waals surface area contributed by atoms with E-state index >= 15 is 0 Å². The lowest BCUT2D eigenvalue weighted by molar-refractivity contribution is 0.409. The summed E-state index contributed by atoms with van der Waals surface area (Å²) in [6.07, 6.45) is 2.48. The van der Waals surface area contributed by atoms with Crippen LogP contribution in [-0.4, -0.2) is 27.0 Å². The molecule has 0 aliphatic carbocycles. The van der Waals surface area contributed by atoms with E-state index in [1.165, 1.54) is 19.5 Å². The summed E-state index contributed by atoms with van der Waals surface area (Å²) in [5, 5.41) is 0. The van der Waals surface area contributed by atoms with Gasteiger partial charge in [0.1, 0.15) is 5.75 Å². The molecule has 0 spiro atoms. The third-order valence-corrected chi connectivity index (χ3v) is 3.77. The molecule has 9 nitrogen and oxygen atoms in total. The van der Waals surface area contributed by atoms with E-state index in [9.17, 15) is 19.2 Å². The van der Waals surface area contributed by atoms with E-state index in [4.69, 9.17) is 4.74 Å². The van der Waals surface area contributed by atoms with Crippen molar-refractivity contribution in [3.8, 4) is 5.75 Å². The van der Waals surface area contributed by atoms with Crippen LogP contribution >= 0.6 is 0 Å². The lowest BCUT2D eigenvalue weighted by atomic mass is 9.87. The van der Waals surface area contributed by atoms with Crippen molar-refractivity contribution in [3.05, 3.63) is 95.0 Å². The molecule has 0 aliphatic rings. The molecule has 0 saturated heterocycles. The summed E-state index contributed by atoms with van der Waals surface area (Å²) >= 11 is 0. The molecule has 0 bridgehead atoms. The minimum Gasteiger partial charge on any atom is -0.496 e. The predicted molar refractivity (Wildman–Crippen MR) is 89.3 cm³/mol. The first-order chi connectivity index (χ1) is 12.0. The van der Waals surface area contributed by atoms with Crippen LogP contribution in [0.2, 0.25) is 0 Å². The van der Waals surface area contributed by atoms with Gasteiger partial charge < -0.3 is 14.7 Å². The summed E-state index contributed by atoms with van der Waals surface area (Å²) in [4.78, 5) is 56.3. The van der Waals surface area contributed by atoms with Gasteiger partial charge in [-0.2, -0.15) is 0 Å². The van der Waals surface area contributed by atoms with Crippen molar-refractivity contribution in [2.75, 3.05) is 7.11 Å². The summed E-state index contributed by atoms with van der Waals surface area (Å²) in [6, 6.07) is 6.85. The Morgan fingerprint density at radius 2 is 1.32 bits per heavy atom. The fraction of sp³-hybridized carbons (Fsp3) is 0.125. The Hall–Kier alpha value is -3.62. The summed E-state index contributed by atoms with van der Waals surface area (Å²) in [5.41, 5.74) is -1.84. The van der Waals surface area contributed by atoms with Crippen LogP contribution in [0.15, 0.2) is 55.8 Å². The number of benzene rings is 1. The van der Waals surface area contributed by atoms with Crippen LogP contribution in [0.4, 0.5) is 0 Å². The van der Waals surface area contributed by atoms with Crippen LogP contribution in [-0.2, 0) is 0 Å². The first-order valence-corrected chi connectivity index (χ1v) is 7.28. The van der Waals surface area contributed by atoms with Gasteiger partial charge >= 0.3 is 11.4 Å². The van der Waals surface area contributed by atoms with Crippen molar-refractivity contribution in [1.29, 1.82) is 0 Å². The second kappa shape index (κ2) is 6.48. The molecule has 1 aromatic carbocycles. The van der Waals surface area contributed by atoms with Crippen LogP contribution in [0.3, 0.4) is 0 Å². The highest BCUT2D eigenvalue weighted by Crippen LogP contribution is 2.33. The normalized spacial score (nSPS) is 10.8. The number of methoxy groups -OCH3 is 1. The Balaban J connectivity index is 2.36. The van der Waals surface area contributed by atoms with Crippen LogP contribution in [0.25, 0.3) is 0 Å². The van der Waals surface area contributed by atoms with Crippen molar-refractivity contribution in [2.45, 2.75) is 5.92 Å². The molecule has 25 heavy (non-hydrogen) atoms. The SMILES string of the molecule is COc1ccccc1C(c1c[nH]c(=O)[nH]c1=O)c1c[nH]c(=O)[nH]c1=O. The Labute approximate surface area is 139 Å². The van der Waals surface area contributed by atoms with E-state index in [0.29, 0.717) is 11.3 Å². The lowest BCUT2D eigenvalue weighted by Crippen LogP contribution is -2.31. The highest BCUT2D eigenvalue weighted by atomic mass is 16.5. The zero-order valence-corrected chi connectivity index (χ0v) is 13.1. The predicted octanol–water partition coefficient (Wildman–Crippen LogP) is -0.371. The summed E-state index contributed by atoms with van der Waals surface area (Å²) in [5.74, 6) is -0.416. The maximum Gasteiger partial charge on any atom is 0.325 e. The van der Waals surface area contributed by atoms with Crippen molar-refractivity contribution in [3.63, 3.8) is 0 Å². The zero-order chi connectivity index (χ0) is 18.0. The minimum atomic E-state index is -0.864. The average molecular weight is 342 g/mol. The molecule has 128 valence electrons. The third kappa shape index (κ3) is 3.07. The molecule has 2 heterocycles. The quantitative estimate of drug-likeness (QED) is 0.512. The molecule has 2 aromatic heterocycles. The van der Waals surface area contributed by atoms with Crippen LogP contribution in [0.5, 0.6) is 5.75 Å². The molecule has 0 fully saturated rings. The van der Waals surface area contributed by atoms with E-state index in [1.54, 1.807) is 24.3 Å². The number of rotatable bonds is 4. The van der Waals surface area contributed by atoms with Gasteiger partial charge in [-0.05, 0) is 6.07 Å². The highest BCUT2D eigenvalue weighted by Gasteiger charge is 2.26. The smallest absolute Gasteiger partial charge is 0.325 e. The molecule has 0 atom stereocenters. The van der Waals surface area contributed by atoms with E-state index in [0.717, 1.165) is 0 Å². The van der Waals surface area contributed by atoms with Gasteiger partial charge in [0.2, 0.25) is 0 Å². The van der Waals surface area contributed by atoms with Gasteiger partial charge in [-0.15, -0.1) is 0 Å². The Morgan fingerprint density at radius 1 is 0.800 bits per heavy atom. The molecular weight excluding hydrogens is 328 g/mol. The first-order valence-electron chi connectivity index (χ1n) is 7.28. The minimum absolute atomic E-state index is 0.127. The van der Waals surface area contributed by atoms with Crippen LogP contribution in [0.1, 0.15) is 22.6 Å². The molecule has 3 aromatic rings. The Bertz CT molecular complexity index is 1070. The summed E-state index contributed by atoms with van der Waals surface area (Å²) in [6.45, 7) is 0. The van der Waals surface area contributed by atoms with Crippen molar-refractivity contribution in [2.24, 2.45) is 0 Å². The number of para-hydroxylation sites is 1. The molecule has 0 amide bonds. The largest absolute Gasteiger partial charge is 0.496 e. The topological polar surface area (TPSA) is 141 Å². The summed E-state index contributed by atoms with van der Waals surface area (Å²) < 4.78 is 5.33. The molecule has 9 heteroatoms.